The molecule has 1 saturated heterocycles. The minimum atomic E-state index is 0.0297. The molecule has 0 spiro atoms. The van der Waals surface area contributed by atoms with Gasteiger partial charge in [-0.25, -0.2) is 0 Å². The highest BCUT2D eigenvalue weighted by Crippen LogP contribution is 2.48. The molecule has 4 heteroatoms. The van der Waals surface area contributed by atoms with E-state index in [0.717, 1.165) is 32.2 Å². The minimum Gasteiger partial charge on any atom is -0.396 e. The average Bonchev–Trinajstić information content (AvgIpc) is 2.73. The molecule has 92 valence electrons. The molecule has 2 rings (SSSR count). The number of likely N-dealkylation sites (N-methyl/N-ethyl adjacent to an activating group) is 1. The van der Waals surface area contributed by atoms with E-state index in [9.17, 15) is 9.90 Å². The molecular formula is C12H22N2O2. The van der Waals surface area contributed by atoms with Crippen molar-refractivity contribution in [1.82, 2.24) is 9.80 Å². The van der Waals surface area contributed by atoms with Gasteiger partial charge in [0.05, 0.1) is 13.2 Å². The number of fused-ring (bicyclic) bond motifs is 1. The maximum atomic E-state index is 12.1. The summed E-state index contributed by atoms with van der Waals surface area (Å²) in [5.74, 6) is 0.215. The zero-order valence-electron chi connectivity index (χ0n) is 10.3. The average molecular weight is 226 g/mol. The molecule has 2 aliphatic rings. The number of carbonyl (C=O) groups excluding carboxylic acids is 1. The topological polar surface area (TPSA) is 43.8 Å². The van der Waals surface area contributed by atoms with E-state index in [-0.39, 0.29) is 17.9 Å². The number of aliphatic hydroxyl groups is 1. The van der Waals surface area contributed by atoms with Crippen LogP contribution in [0.25, 0.3) is 0 Å². The van der Waals surface area contributed by atoms with Crippen LogP contribution in [0.1, 0.15) is 25.7 Å². The second kappa shape index (κ2) is 4.34. The number of aliphatic hydroxyl groups excluding tert-OH is 1. The van der Waals surface area contributed by atoms with Crippen LogP contribution in [0.15, 0.2) is 0 Å². The van der Waals surface area contributed by atoms with Gasteiger partial charge >= 0.3 is 0 Å². The number of likely N-dealkylation sites (tertiary alicyclic amines) is 1. The normalized spacial score (nSPS) is 33.5. The lowest BCUT2D eigenvalue weighted by molar-refractivity contribution is -0.133. The molecule has 0 bridgehead atoms. The Bertz CT molecular complexity index is 280. The van der Waals surface area contributed by atoms with Gasteiger partial charge in [-0.3, -0.25) is 4.79 Å². The van der Waals surface area contributed by atoms with E-state index in [0.29, 0.717) is 12.6 Å². The van der Waals surface area contributed by atoms with Gasteiger partial charge in [-0.15, -0.1) is 0 Å². The summed E-state index contributed by atoms with van der Waals surface area (Å²) in [4.78, 5) is 16.0. The first kappa shape index (κ1) is 11.9. The summed E-state index contributed by atoms with van der Waals surface area (Å²) in [5.41, 5.74) is 0.0297. The molecule has 2 unspecified atom stereocenters. The first-order chi connectivity index (χ1) is 7.59. The van der Waals surface area contributed by atoms with Crippen molar-refractivity contribution in [3.8, 4) is 0 Å². The maximum Gasteiger partial charge on any atom is 0.236 e. The summed E-state index contributed by atoms with van der Waals surface area (Å²) in [6, 6.07) is 0.296. The highest BCUT2D eigenvalue weighted by Gasteiger charge is 2.51. The molecule has 1 aliphatic carbocycles. The smallest absolute Gasteiger partial charge is 0.236 e. The number of nitrogens with zero attached hydrogens (tertiary/aromatic N) is 2. The van der Waals surface area contributed by atoms with Crippen LogP contribution < -0.4 is 0 Å². The summed E-state index contributed by atoms with van der Waals surface area (Å²) in [6.07, 6.45) is 4.28. The summed E-state index contributed by atoms with van der Waals surface area (Å²) in [6.45, 7) is 1.55. The van der Waals surface area contributed by atoms with E-state index in [1.54, 1.807) is 0 Å². The summed E-state index contributed by atoms with van der Waals surface area (Å²) in [7, 11) is 3.84. The van der Waals surface area contributed by atoms with Crippen molar-refractivity contribution in [2.24, 2.45) is 5.41 Å². The van der Waals surface area contributed by atoms with Gasteiger partial charge in [0.25, 0.3) is 0 Å². The Kier molecular flexibility index (Phi) is 3.22. The van der Waals surface area contributed by atoms with Gasteiger partial charge in [0.15, 0.2) is 0 Å². The molecule has 0 aromatic heterocycles. The second-order valence-corrected chi connectivity index (χ2v) is 5.50. The lowest BCUT2D eigenvalue weighted by Crippen LogP contribution is -2.44. The van der Waals surface area contributed by atoms with Crippen molar-refractivity contribution in [3.63, 3.8) is 0 Å². The molecule has 16 heavy (non-hydrogen) atoms. The molecule has 4 nitrogen and oxygen atoms in total. The van der Waals surface area contributed by atoms with Crippen molar-refractivity contribution in [2.45, 2.75) is 31.7 Å². The van der Waals surface area contributed by atoms with Crippen molar-refractivity contribution in [3.05, 3.63) is 0 Å². The van der Waals surface area contributed by atoms with E-state index >= 15 is 0 Å². The number of amides is 1. The molecule has 0 aromatic rings. The summed E-state index contributed by atoms with van der Waals surface area (Å²) in [5, 5.41) is 9.56. The second-order valence-electron chi connectivity index (χ2n) is 5.50. The molecule has 0 radical (unpaired) electrons. The van der Waals surface area contributed by atoms with Gasteiger partial charge in [0.1, 0.15) is 0 Å². The van der Waals surface area contributed by atoms with E-state index < -0.39 is 0 Å². The molecule has 2 atom stereocenters. The van der Waals surface area contributed by atoms with Crippen LogP contribution in [-0.4, -0.2) is 60.6 Å². The van der Waals surface area contributed by atoms with Crippen LogP contribution in [0, 0.1) is 5.41 Å². The first-order valence-corrected chi connectivity index (χ1v) is 6.14. The van der Waals surface area contributed by atoms with Crippen molar-refractivity contribution < 1.29 is 9.90 Å². The van der Waals surface area contributed by atoms with Gasteiger partial charge in [0, 0.05) is 18.0 Å². The SMILES string of the molecule is CN(C)CC(=O)N1CCC2(CO)CCCC12. The zero-order chi connectivity index (χ0) is 11.8. The van der Waals surface area contributed by atoms with Crippen LogP contribution in [0.3, 0.4) is 0 Å². The maximum absolute atomic E-state index is 12.1. The van der Waals surface area contributed by atoms with Crippen molar-refractivity contribution >= 4 is 5.91 Å². The molecule has 1 aliphatic heterocycles. The fourth-order valence-electron chi connectivity index (χ4n) is 3.32. The van der Waals surface area contributed by atoms with E-state index in [1.807, 2.05) is 23.9 Å². The zero-order valence-corrected chi connectivity index (χ0v) is 10.3. The van der Waals surface area contributed by atoms with E-state index in [4.69, 9.17) is 0 Å². The van der Waals surface area contributed by atoms with E-state index in [1.165, 1.54) is 0 Å². The highest BCUT2D eigenvalue weighted by molar-refractivity contribution is 5.79. The number of hydrogen-bond acceptors (Lipinski definition) is 3. The summed E-state index contributed by atoms with van der Waals surface area (Å²) < 4.78 is 0. The van der Waals surface area contributed by atoms with Crippen LogP contribution in [0.4, 0.5) is 0 Å². The molecule has 0 aromatic carbocycles. The first-order valence-electron chi connectivity index (χ1n) is 6.14. The number of hydrogen-bond donors (Lipinski definition) is 1. The number of carbonyl (C=O) groups is 1. The lowest BCUT2D eigenvalue weighted by atomic mass is 9.83. The Balaban J connectivity index is 2.06. The Morgan fingerprint density at radius 2 is 2.25 bits per heavy atom. The standard InChI is InChI=1S/C12H22N2O2/c1-13(2)8-11(16)14-7-6-12(9-15)5-3-4-10(12)14/h10,15H,3-9H2,1-2H3. The molecular weight excluding hydrogens is 204 g/mol. The summed E-state index contributed by atoms with van der Waals surface area (Å²) >= 11 is 0. The Morgan fingerprint density at radius 3 is 2.88 bits per heavy atom. The van der Waals surface area contributed by atoms with Crippen LogP contribution in [-0.2, 0) is 4.79 Å². The third-order valence-corrected chi connectivity index (χ3v) is 4.17. The molecule has 1 heterocycles. The van der Waals surface area contributed by atoms with Crippen molar-refractivity contribution in [2.75, 3.05) is 33.8 Å². The predicted molar refractivity (Wildman–Crippen MR) is 62.0 cm³/mol. The highest BCUT2D eigenvalue weighted by atomic mass is 16.3. The quantitative estimate of drug-likeness (QED) is 0.753. The van der Waals surface area contributed by atoms with Gasteiger partial charge in [-0.05, 0) is 33.4 Å². The number of rotatable bonds is 3. The van der Waals surface area contributed by atoms with Gasteiger partial charge in [-0.1, -0.05) is 6.42 Å². The monoisotopic (exact) mass is 226 g/mol. The lowest BCUT2D eigenvalue weighted by Gasteiger charge is -2.31. The van der Waals surface area contributed by atoms with Crippen LogP contribution in [0.5, 0.6) is 0 Å². The Labute approximate surface area is 97.2 Å². The van der Waals surface area contributed by atoms with Crippen LogP contribution >= 0.6 is 0 Å². The fourth-order valence-corrected chi connectivity index (χ4v) is 3.32. The largest absolute Gasteiger partial charge is 0.396 e. The fraction of sp³-hybridized carbons (Fsp3) is 0.917. The van der Waals surface area contributed by atoms with Gasteiger partial charge < -0.3 is 14.9 Å². The Morgan fingerprint density at radius 1 is 1.50 bits per heavy atom. The third-order valence-electron chi connectivity index (χ3n) is 4.17. The molecule has 1 saturated carbocycles. The molecule has 2 fully saturated rings. The Hall–Kier alpha value is -0.610. The predicted octanol–water partition coefficient (Wildman–Crippen LogP) is 0.311. The minimum absolute atomic E-state index is 0.0297. The molecule has 1 N–H and O–H groups in total. The van der Waals surface area contributed by atoms with Gasteiger partial charge in [-0.2, -0.15) is 0 Å². The van der Waals surface area contributed by atoms with E-state index in [2.05, 4.69) is 0 Å². The van der Waals surface area contributed by atoms with Crippen LogP contribution in [0.2, 0.25) is 0 Å². The molecule has 1 amide bonds. The van der Waals surface area contributed by atoms with Gasteiger partial charge in [0.2, 0.25) is 5.91 Å². The third kappa shape index (κ3) is 1.84. The van der Waals surface area contributed by atoms with Crippen molar-refractivity contribution in [1.29, 1.82) is 0 Å².